The summed E-state index contributed by atoms with van der Waals surface area (Å²) in [5.41, 5.74) is 0. The van der Waals surface area contributed by atoms with E-state index in [-0.39, 0.29) is 0 Å². The number of aromatic nitrogens is 3. The molecule has 2 atom stereocenters. The molecule has 6 heteroatoms. The van der Waals surface area contributed by atoms with Crippen LogP contribution in [0.15, 0.2) is 0 Å². The van der Waals surface area contributed by atoms with Crippen LogP contribution in [0.25, 0.3) is 0 Å². The summed E-state index contributed by atoms with van der Waals surface area (Å²) in [5, 5.41) is 10.9. The van der Waals surface area contributed by atoms with Crippen molar-refractivity contribution < 1.29 is 0 Å². The van der Waals surface area contributed by atoms with E-state index in [2.05, 4.69) is 45.5 Å². The molecule has 5 nitrogen and oxygen atoms in total. The molecule has 0 saturated carbocycles. The zero-order valence-electron chi connectivity index (χ0n) is 10.7. The fraction of sp³-hybridized carbons (Fsp3) is 0.818. The number of piperazine rings is 1. The summed E-state index contributed by atoms with van der Waals surface area (Å²) in [6.07, 6.45) is 3.07. The minimum absolute atomic E-state index is 0.492. The number of H-pyrrole nitrogens is 1. The topological polar surface area (TPSA) is 56.8 Å². The van der Waals surface area contributed by atoms with Crippen LogP contribution < -0.4 is 10.2 Å². The summed E-state index contributed by atoms with van der Waals surface area (Å²) in [7, 11) is 0. The van der Waals surface area contributed by atoms with E-state index in [1.54, 1.807) is 0 Å². The van der Waals surface area contributed by atoms with E-state index in [1.807, 2.05) is 11.8 Å². The summed E-state index contributed by atoms with van der Waals surface area (Å²) in [6, 6.07) is 0.985. The molecule has 1 aliphatic rings. The third kappa shape index (κ3) is 3.35. The third-order valence-electron chi connectivity index (χ3n) is 2.90. The number of hydrogen-bond donors (Lipinski definition) is 2. The van der Waals surface area contributed by atoms with Gasteiger partial charge in [0.1, 0.15) is 5.82 Å². The molecule has 0 bridgehead atoms. The molecule has 17 heavy (non-hydrogen) atoms. The molecule has 0 spiro atoms. The van der Waals surface area contributed by atoms with Gasteiger partial charge in [0.15, 0.2) is 0 Å². The summed E-state index contributed by atoms with van der Waals surface area (Å²) in [6.45, 7) is 6.35. The normalized spacial score (nSPS) is 25.2. The minimum Gasteiger partial charge on any atom is -0.336 e. The highest BCUT2D eigenvalue weighted by atomic mass is 32.2. The lowest BCUT2D eigenvalue weighted by atomic mass is 10.1. The van der Waals surface area contributed by atoms with E-state index >= 15 is 0 Å². The van der Waals surface area contributed by atoms with Crippen molar-refractivity contribution in [1.82, 2.24) is 20.5 Å². The van der Waals surface area contributed by atoms with E-state index in [0.29, 0.717) is 12.1 Å². The van der Waals surface area contributed by atoms with Gasteiger partial charge >= 0.3 is 0 Å². The van der Waals surface area contributed by atoms with Crippen LogP contribution in [0, 0.1) is 0 Å². The molecule has 96 valence electrons. The Morgan fingerprint density at radius 3 is 2.71 bits per heavy atom. The molecule has 1 fully saturated rings. The first-order valence-corrected chi connectivity index (χ1v) is 7.49. The van der Waals surface area contributed by atoms with Crippen molar-refractivity contribution in [2.45, 2.75) is 32.4 Å². The number of rotatable bonds is 4. The monoisotopic (exact) mass is 255 g/mol. The molecule has 0 radical (unpaired) electrons. The average Bonchev–Trinajstić information content (AvgIpc) is 2.73. The molecule has 1 saturated heterocycles. The summed E-state index contributed by atoms with van der Waals surface area (Å²) in [4.78, 5) is 6.81. The summed E-state index contributed by atoms with van der Waals surface area (Å²) < 4.78 is 0. The van der Waals surface area contributed by atoms with E-state index in [0.717, 1.165) is 37.0 Å². The van der Waals surface area contributed by atoms with Crippen LogP contribution in [0.5, 0.6) is 0 Å². The number of aromatic amines is 1. The first kappa shape index (κ1) is 12.7. The van der Waals surface area contributed by atoms with Gasteiger partial charge in [-0.2, -0.15) is 16.7 Å². The second kappa shape index (κ2) is 5.73. The summed E-state index contributed by atoms with van der Waals surface area (Å²) in [5.74, 6) is 2.93. The lowest BCUT2D eigenvalue weighted by Crippen LogP contribution is -2.54. The number of hydrogen-bond acceptors (Lipinski definition) is 5. The van der Waals surface area contributed by atoms with Gasteiger partial charge in [0.25, 0.3) is 0 Å². The van der Waals surface area contributed by atoms with Crippen molar-refractivity contribution in [1.29, 1.82) is 0 Å². The van der Waals surface area contributed by atoms with Crippen molar-refractivity contribution in [2.24, 2.45) is 0 Å². The molecule has 0 aromatic carbocycles. The Kier molecular flexibility index (Phi) is 4.28. The highest BCUT2D eigenvalue weighted by molar-refractivity contribution is 7.98. The Morgan fingerprint density at radius 2 is 2.06 bits per heavy atom. The van der Waals surface area contributed by atoms with Crippen LogP contribution in [-0.4, -0.2) is 52.4 Å². The molecular weight excluding hydrogens is 234 g/mol. The Labute approximate surface area is 107 Å². The van der Waals surface area contributed by atoms with Crippen molar-refractivity contribution in [2.75, 3.05) is 30.0 Å². The van der Waals surface area contributed by atoms with Gasteiger partial charge in [-0.3, -0.25) is 5.10 Å². The van der Waals surface area contributed by atoms with Crippen molar-refractivity contribution in [3.63, 3.8) is 0 Å². The standard InChI is InChI=1S/C11H21N5S/c1-8-6-16(7-9(2)12-8)11-13-10(14-15-11)4-5-17-3/h8-9,12H,4-7H2,1-3H3,(H,13,14,15). The Hall–Kier alpha value is -0.750. The average molecular weight is 255 g/mol. The maximum atomic E-state index is 4.56. The highest BCUT2D eigenvalue weighted by Gasteiger charge is 2.23. The van der Waals surface area contributed by atoms with E-state index in [1.165, 1.54) is 0 Å². The smallest absolute Gasteiger partial charge is 0.244 e. The Morgan fingerprint density at radius 1 is 1.35 bits per heavy atom. The SMILES string of the molecule is CSCCc1nc(N2CC(C)NC(C)C2)n[nH]1. The van der Waals surface area contributed by atoms with Crippen molar-refractivity contribution in [3.8, 4) is 0 Å². The molecule has 2 N–H and O–H groups in total. The second-order valence-corrected chi connectivity index (χ2v) is 5.68. The van der Waals surface area contributed by atoms with Crippen LogP contribution in [0.2, 0.25) is 0 Å². The maximum absolute atomic E-state index is 4.56. The lowest BCUT2D eigenvalue weighted by molar-refractivity contribution is 0.403. The summed E-state index contributed by atoms with van der Waals surface area (Å²) >= 11 is 1.83. The van der Waals surface area contributed by atoms with Gasteiger partial charge < -0.3 is 10.2 Å². The van der Waals surface area contributed by atoms with Gasteiger partial charge in [0.2, 0.25) is 5.95 Å². The molecular formula is C11H21N5S. The number of aryl methyl sites for hydroxylation is 1. The number of nitrogens with zero attached hydrogens (tertiary/aromatic N) is 3. The Bertz CT molecular complexity index is 343. The van der Waals surface area contributed by atoms with Crippen LogP contribution in [0.4, 0.5) is 5.95 Å². The zero-order valence-corrected chi connectivity index (χ0v) is 11.5. The second-order valence-electron chi connectivity index (χ2n) is 4.70. The number of thioether (sulfide) groups is 1. The lowest BCUT2D eigenvalue weighted by Gasteiger charge is -2.35. The fourth-order valence-electron chi connectivity index (χ4n) is 2.23. The van der Waals surface area contributed by atoms with Gasteiger partial charge in [0.05, 0.1) is 0 Å². The third-order valence-corrected chi connectivity index (χ3v) is 3.52. The van der Waals surface area contributed by atoms with Gasteiger partial charge in [-0.05, 0) is 20.1 Å². The number of nitrogens with one attached hydrogen (secondary N) is 2. The van der Waals surface area contributed by atoms with Gasteiger partial charge in [-0.1, -0.05) is 0 Å². The van der Waals surface area contributed by atoms with Crippen LogP contribution >= 0.6 is 11.8 Å². The molecule has 2 heterocycles. The first-order chi connectivity index (χ1) is 8.19. The molecule has 0 amide bonds. The first-order valence-electron chi connectivity index (χ1n) is 6.10. The van der Waals surface area contributed by atoms with Crippen LogP contribution in [-0.2, 0) is 6.42 Å². The molecule has 1 aromatic rings. The van der Waals surface area contributed by atoms with E-state index in [4.69, 9.17) is 0 Å². The van der Waals surface area contributed by atoms with Gasteiger partial charge in [0, 0.05) is 37.3 Å². The fourth-order valence-corrected chi connectivity index (χ4v) is 2.62. The Balaban J connectivity index is 1.98. The zero-order chi connectivity index (χ0) is 12.3. The van der Waals surface area contributed by atoms with E-state index in [9.17, 15) is 0 Å². The largest absolute Gasteiger partial charge is 0.336 e. The molecule has 1 aromatic heterocycles. The maximum Gasteiger partial charge on any atom is 0.244 e. The van der Waals surface area contributed by atoms with Gasteiger partial charge in [-0.25, -0.2) is 0 Å². The highest BCUT2D eigenvalue weighted by Crippen LogP contribution is 2.13. The molecule has 0 aliphatic carbocycles. The minimum atomic E-state index is 0.492. The van der Waals surface area contributed by atoms with Crippen LogP contribution in [0.3, 0.4) is 0 Å². The molecule has 2 unspecified atom stereocenters. The number of anilines is 1. The molecule has 1 aliphatic heterocycles. The van der Waals surface area contributed by atoms with Gasteiger partial charge in [-0.15, -0.1) is 5.10 Å². The predicted octanol–water partition coefficient (Wildman–Crippen LogP) is 0.897. The quantitative estimate of drug-likeness (QED) is 0.837. The van der Waals surface area contributed by atoms with E-state index < -0.39 is 0 Å². The molecule has 2 rings (SSSR count). The van der Waals surface area contributed by atoms with Crippen molar-refractivity contribution >= 4 is 17.7 Å². The predicted molar refractivity (Wildman–Crippen MR) is 72.7 cm³/mol. The van der Waals surface area contributed by atoms with Crippen LogP contribution in [0.1, 0.15) is 19.7 Å². The van der Waals surface area contributed by atoms with Crippen molar-refractivity contribution in [3.05, 3.63) is 5.82 Å².